The van der Waals surface area contributed by atoms with Crippen LogP contribution in [-0.2, 0) is 16.1 Å². The van der Waals surface area contributed by atoms with Gasteiger partial charge in [-0.1, -0.05) is 25.3 Å². The van der Waals surface area contributed by atoms with Crippen LogP contribution in [0.1, 0.15) is 56.2 Å². The number of nitrogens with one attached hydrogen (secondary N) is 1. The molecule has 1 aromatic heterocycles. The fourth-order valence-corrected chi connectivity index (χ4v) is 6.59. The van der Waals surface area contributed by atoms with Crippen LogP contribution in [0.2, 0.25) is 0 Å². The Labute approximate surface area is 196 Å². The van der Waals surface area contributed by atoms with Crippen molar-refractivity contribution in [2.45, 2.75) is 70.0 Å². The van der Waals surface area contributed by atoms with Gasteiger partial charge in [0.05, 0.1) is 0 Å². The SMILES string of the molecule is O=C(C1CC(N(Cc2cccs2)CC2CCCCC2)CN1C(=O)C1CC1)N1CCNCC1. The Morgan fingerprint density at radius 3 is 2.53 bits per heavy atom. The summed E-state index contributed by atoms with van der Waals surface area (Å²) in [6, 6.07) is 4.36. The molecule has 7 heteroatoms. The Balaban J connectivity index is 1.34. The molecule has 4 fully saturated rings. The molecule has 3 heterocycles. The Kier molecular flexibility index (Phi) is 7.14. The topological polar surface area (TPSA) is 55.9 Å². The van der Waals surface area contributed by atoms with Crippen molar-refractivity contribution in [1.29, 1.82) is 0 Å². The zero-order valence-electron chi connectivity index (χ0n) is 19.2. The number of carbonyl (C=O) groups is 2. The quantitative estimate of drug-likeness (QED) is 0.683. The molecule has 2 saturated carbocycles. The number of carbonyl (C=O) groups excluding carboxylic acids is 2. The van der Waals surface area contributed by atoms with E-state index in [1.807, 2.05) is 21.1 Å². The maximum absolute atomic E-state index is 13.5. The lowest BCUT2D eigenvalue weighted by Crippen LogP contribution is -2.53. The molecule has 2 amide bonds. The molecule has 0 spiro atoms. The maximum atomic E-state index is 13.5. The molecule has 2 aliphatic heterocycles. The first-order valence-corrected chi connectivity index (χ1v) is 13.6. The van der Waals surface area contributed by atoms with E-state index in [1.165, 1.54) is 37.0 Å². The second kappa shape index (κ2) is 10.2. The third-order valence-electron chi connectivity index (χ3n) is 7.88. The third-order valence-corrected chi connectivity index (χ3v) is 8.74. The zero-order valence-corrected chi connectivity index (χ0v) is 20.0. The summed E-state index contributed by atoms with van der Waals surface area (Å²) in [6.45, 7) is 5.98. The highest BCUT2D eigenvalue weighted by Gasteiger charge is 2.47. The van der Waals surface area contributed by atoms with Gasteiger partial charge in [0.15, 0.2) is 0 Å². The van der Waals surface area contributed by atoms with E-state index in [4.69, 9.17) is 0 Å². The number of hydrogen-bond acceptors (Lipinski definition) is 5. The van der Waals surface area contributed by atoms with Gasteiger partial charge in [-0.05, 0) is 49.5 Å². The summed E-state index contributed by atoms with van der Waals surface area (Å²) < 4.78 is 0. The van der Waals surface area contributed by atoms with Crippen LogP contribution in [0.5, 0.6) is 0 Å². The standard InChI is InChI=1S/C25H38N4O2S/c30-24(20-8-9-20)29-17-21(15-23(29)25(31)27-12-10-26-11-13-27)28(18-22-7-4-14-32-22)16-19-5-2-1-3-6-19/h4,7,14,19-21,23,26H,1-3,5-6,8-13,15-18H2. The number of hydrogen-bond donors (Lipinski definition) is 1. The Morgan fingerprint density at radius 2 is 1.84 bits per heavy atom. The number of amides is 2. The summed E-state index contributed by atoms with van der Waals surface area (Å²) in [4.78, 5) is 34.7. The van der Waals surface area contributed by atoms with Gasteiger partial charge in [0, 0.05) is 62.7 Å². The zero-order chi connectivity index (χ0) is 21.9. The molecule has 2 aliphatic carbocycles. The fourth-order valence-electron chi connectivity index (χ4n) is 5.86. The van der Waals surface area contributed by atoms with E-state index < -0.39 is 0 Å². The number of rotatable bonds is 7. The highest BCUT2D eigenvalue weighted by atomic mass is 32.1. The van der Waals surface area contributed by atoms with Crippen LogP contribution >= 0.6 is 11.3 Å². The van der Waals surface area contributed by atoms with E-state index in [0.717, 1.165) is 71.0 Å². The smallest absolute Gasteiger partial charge is 0.245 e. The molecule has 6 nitrogen and oxygen atoms in total. The summed E-state index contributed by atoms with van der Waals surface area (Å²) >= 11 is 1.82. The summed E-state index contributed by atoms with van der Waals surface area (Å²) in [7, 11) is 0. The van der Waals surface area contributed by atoms with E-state index in [1.54, 1.807) is 0 Å². The predicted molar refractivity (Wildman–Crippen MR) is 127 cm³/mol. The van der Waals surface area contributed by atoms with Crippen molar-refractivity contribution in [2.75, 3.05) is 39.3 Å². The Morgan fingerprint density at radius 1 is 1.06 bits per heavy atom. The van der Waals surface area contributed by atoms with Gasteiger partial charge in [-0.2, -0.15) is 0 Å². The van der Waals surface area contributed by atoms with Gasteiger partial charge in [-0.15, -0.1) is 11.3 Å². The molecular weight excluding hydrogens is 420 g/mol. The van der Waals surface area contributed by atoms with Gasteiger partial charge in [-0.25, -0.2) is 0 Å². The second-order valence-corrected chi connectivity index (χ2v) is 11.3. The van der Waals surface area contributed by atoms with Crippen molar-refractivity contribution >= 4 is 23.2 Å². The molecule has 2 saturated heterocycles. The lowest BCUT2D eigenvalue weighted by molar-refractivity contribution is -0.144. The molecule has 1 aromatic rings. The average molecular weight is 459 g/mol. The normalized spacial score (nSPS) is 27.3. The van der Waals surface area contributed by atoms with E-state index in [2.05, 4.69) is 27.7 Å². The van der Waals surface area contributed by atoms with E-state index >= 15 is 0 Å². The van der Waals surface area contributed by atoms with Crippen molar-refractivity contribution in [1.82, 2.24) is 20.0 Å². The minimum atomic E-state index is -0.275. The Bertz CT molecular complexity index is 769. The fraction of sp³-hybridized carbons (Fsp3) is 0.760. The summed E-state index contributed by atoms with van der Waals surface area (Å²) in [5.41, 5.74) is 0. The summed E-state index contributed by atoms with van der Waals surface area (Å²) in [6.07, 6.45) is 9.49. The molecule has 2 unspecified atom stereocenters. The molecule has 32 heavy (non-hydrogen) atoms. The molecule has 1 N–H and O–H groups in total. The Hall–Kier alpha value is -1.44. The highest BCUT2D eigenvalue weighted by molar-refractivity contribution is 7.09. The van der Waals surface area contributed by atoms with E-state index in [0.29, 0.717) is 0 Å². The molecule has 0 radical (unpaired) electrons. The lowest BCUT2D eigenvalue weighted by Gasteiger charge is -2.33. The molecule has 2 atom stereocenters. The van der Waals surface area contributed by atoms with E-state index in [9.17, 15) is 9.59 Å². The average Bonchev–Trinajstić information content (AvgIpc) is 3.38. The molecule has 176 valence electrons. The lowest BCUT2D eigenvalue weighted by atomic mass is 9.88. The monoisotopic (exact) mass is 458 g/mol. The van der Waals surface area contributed by atoms with Crippen molar-refractivity contribution in [3.8, 4) is 0 Å². The van der Waals surface area contributed by atoms with Gasteiger partial charge in [-0.3, -0.25) is 14.5 Å². The van der Waals surface area contributed by atoms with Crippen LogP contribution < -0.4 is 5.32 Å². The predicted octanol–water partition coefficient (Wildman–Crippen LogP) is 2.94. The van der Waals surface area contributed by atoms with Gasteiger partial charge in [0.1, 0.15) is 6.04 Å². The van der Waals surface area contributed by atoms with Crippen molar-refractivity contribution < 1.29 is 9.59 Å². The first-order valence-electron chi connectivity index (χ1n) is 12.8. The first-order chi connectivity index (χ1) is 15.7. The summed E-state index contributed by atoms with van der Waals surface area (Å²) in [5.74, 6) is 1.32. The van der Waals surface area contributed by atoms with Gasteiger partial charge in [0.2, 0.25) is 11.8 Å². The molecule has 4 aliphatic rings. The van der Waals surface area contributed by atoms with Crippen LogP contribution in [0.3, 0.4) is 0 Å². The molecule has 0 aromatic carbocycles. The van der Waals surface area contributed by atoms with Crippen LogP contribution in [0, 0.1) is 11.8 Å². The van der Waals surface area contributed by atoms with Crippen molar-refractivity contribution in [2.24, 2.45) is 11.8 Å². The van der Waals surface area contributed by atoms with Crippen LogP contribution in [0.15, 0.2) is 17.5 Å². The molecular formula is C25H38N4O2S. The number of thiophene rings is 1. The number of piperazine rings is 1. The highest BCUT2D eigenvalue weighted by Crippen LogP contribution is 2.36. The summed E-state index contributed by atoms with van der Waals surface area (Å²) in [5, 5.41) is 5.49. The van der Waals surface area contributed by atoms with E-state index in [-0.39, 0.29) is 29.8 Å². The second-order valence-electron chi connectivity index (χ2n) is 10.3. The molecule has 0 bridgehead atoms. The van der Waals surface area contributed by atoms with Crippen molar-refractivity contribution in [3.05, 3.63) is 22.4 Å². The minimum Gasteiger partial charge on any atom is -0.338 e. The van der Waals surface area contributed by atoms with Gasteiger partial charge < -0.3 is 15.1 Å². The van der Waals surface area contributed by atoms with Gasteiger partial charge in [0.25, 0.3) is 0 Å². The minimum absolute atomic E-state index is 0.163. The largest absolute Gasteiger partial charge is 0.338 e. The van der Waals surface area contributed by atoms with Gasteiger partial charge >= 0.3 is 0 Å². The number of likely N-dealkylation sites (tertiary alicyclic amines) is 1. The first kappa shape index (κ1) is 22.4. The molecule has 5 rings (SSSR count). The number of nitrogens with zero attached hydrogens (tertiary/aromatic N) is 3. The third kappa shape index (κ3) is 5.20. The van der Waals surface area contributed by atoms with Crippen LogP contribution in [0.4, 0.5) is 0 Å². The van der Waals surface area contributed by atoms with Crippen LogP contribution in [0.25, 0.3) is 0 Å². The van der Waals surface area contributed by atoms with Crippen molar-refractivity contribution in [3.63, 3.8) is 0 Å². The maximum Gasteiger partial charge on any atom is 0.245 e. The van der Waals surface area contributed by atoms with Crippen LogP contribution in [-0.4, -0.2) is 77.9 Å².